The molecule has 0 bridgehead atoms. The lowest BCUT2D eigenvalue weighted by molar-refractivity contribution is -0.161. The van der Waals surface area contributed by atoms with Gasteiger partial charge in [-0.25, -0.2) is 0 Å². The van der Waals surface area contributed by atoms with E-state index < -0.39 is 17.1 Å². The third kappa shape index (κ3) is 1.35. The van der Waals surface area contributed by atoms with Crippen LogP contribution < -0.4 is 0 Å². The fourth-order valence-electron chi connectivity index (χ4n) is 2.91. The molecule has 84 valence electrons. The lowest BCUT2D eigenvalue weighted by atomic mass is 9.63. The van der Waals surface area contributed by atoms with E-state index in [4.69, 9.17) is 0 Å². The van der Waals surface area contributed by atoms with Gasteiger partial charge in [-0.1, -0.05) is 21.5 Å². The van der Waals surface area contributed by atoms with Gasteiger partial charge in [0.2, 0.25) is 0 Å². The van der Waals surface area contributed by atoms with Crippen LogP contribution in [0.5, 0.6) is 0 Å². The SMILES string of the molecule is C[C@]12C/C(=C\Br)C[C@@H](O)[C@@]1(O)CCC2=O. The minimum atomic E-state index is -1.22. The molecule has 3 atom stereocenters. The van der Waals surface area contributed by atoms with E-state index in [1.165, 1.54) is 0 Å². The Bertz CT molecular complexity index is 339. The van der Waals surface area contributed by atoms with Gasteiger partial charge in [-0.05, 0) is 31.2 Å². The van der Waals surface area contributed by atoms with Gasteiger partial charge in [0.05, 0.1) is 11.5 Å². The Morgan fingerprint density at radius 1 is 1.60 bits per heavy atom. The maximum Gasteiger partial charge on any atom is 0.142 e. The van der Waals surface area contributed by atoms with Crippen LogP contribution >= 0.6 is 15.9 Å². The normalized spacial score (nSPS) is 48.4. The highest BCUT2D eigenvalue weighted by atomic mass is 79.9. The molecule has 4 heteroatoms. The first-order valence-electron chi connectivity index (χ1n) is 5.16. The summed E-state index contributed by atoms with van der Waals surface area (Å²) in [5, 5.41) is 20.4. The summed E-state index contributed by atoms with van der Waals surface area (Å²) in [5.41, 5.74) is -1.03. The molecule has 0 saturated heterocycles. The van der Waals surface area contributed by atoms with E-state index in [1.807, 2.05) is 0 Å². The lowest BCUT2D eigenvalue weighted by Crippen LogP contribution is -2.56. The van der Waals surface area contributed by atoms with Crippen LogP contribution in [0.4, 0.5) is 0 Å². The molecule has 2 fully saturated rings. The predicted molar refractivity (Wildman–Crippen MR) is 59.5 cm³/mol. The Hall–Kier alpha value is -0.190. The first kappa shape index (κ1) is 11.3. The van der Waals surface area contributed by atoms with Crippen molar-refractivity contribution < 1.29 is 15.0 Å². The van der Waals surface area contributed by atoms with E-state index >= 15 is 0 Å². The average molecular weight is 275 g/mol. The molecule has 0 aliphatic heterocycles. The molecule has 0 aromatic heterocycles. The van der Waals surface area contributed by atoms with Gasteiger partial charge >= 0.3 is 0 Å². The van der Waals surface area contributed by atoms with Crippen molar-refractivity contribution in [1.29, 1.82) is 0 Å². The van der Waals surface area contributed by atoms with Crippen molar-refractivity contribution in [2.24, 2.45) is 5.41 Å². The van der Waals surface area contributed by atoms with Crippen LogP contribution in [0.1, 0.15) is 32.6 Å². The number of aliphatic hydroxyl groups is 2. The summed E-state index contributed by atoms with van der Waals surface area (Å²) in [6.07, 6.45) is 0.931. The lowest BCUT2D eigenvalue weighted by Gasteiger charge is -2.46. The summed E-state index contributed by atoms with van der Waals surface area (Å²) >= 11 is 3.23. The van der Waals surface area contributed by atoms with Crippen LogP contribution in [0, 0.1) is 5.41 Å². The third-order valence-electron chi connectivity index (χ3n) is 4.05. The number of fused-ring (bicyclic) bond motifs is 1. The van der Waals surface area contributed by atoms with Gasteiger partial charge in [0.1, 0.15) is 11.4 Å². The monoisotopic (exact) mass is 274 g/mol. The van der Waals surface area contributed by atoms with Crippen molar-refractivity contribution in [2.45, 2.75) is 44.3 Å². The van der Waals surface area contributed by atoms with E-state index in [2.05, 4.69) is 15.9 Å². The number of Topliss-reactive ketones (excluding diaryl/α,β-unsaturated/α-hetero) is 1. The fourth-order valence-corrected chi connectivity index (χ4v) is 3.26. The maximum atomic E-state index is 11.8. The molecular weight excluding hydrogens is 260 g/mol. The molecule has 0 spiro atoms. The van der Waals surface area contributed by atoms with E-state index in [0.29, 0.717) is 25.7 Å². The standard InChI is InChI=1S/C11H15BrO3/c1-10-5-7(6-12)4-9(14)11(10,15)3-2-8(10)13/h6,9,14-15H,2-5H2,1H3/b7-6-/t9-,10-,11+/m1/s1. The summed E-state index contributed by atoms with van der Waals surface area (Å²) in [5.74, 6) is 0.0654. The van der Waals surface area contributed by atoms with Gasteiger partial charge in [-0.15, -0.1) is 0 Å². The van der Waals surface area contributed by atoms with Crippen LogP contribution in [0.25, 0.3) is 0 Å². The molecule has 15 heavy (non-hydrogen) atoms. The van der Waals surface area contributed by atoms with E-state index in [1.54, 1.807) is 11.9 Å². The Labute approximate surface area is 97.3 Å². The van der Waals surface area contributed by atoms with E-state index in [-0.39, 0.29) is 5.78 Å². The van der Waals surface area contributed by atoms with Gasteiger partial charge in [0.25, 0.3) is 0 Å². The van der Waals surface area contributed by atoms with Crippen molar-refractivity contribution in [1.82, 2.24) is 0 Å². The third-order valence-corrected chi connectivity index (χ3v) is 4.69. The van der Waals surface area contributed by atoms with Gasteiger partial charge in [-0.3, -0.25) is 4.79 Å². The maximum absolute atomic E-state index is 11.8. The summed E-state index contributed by atoms with van der Waals surface area (Å²) in [6, 6.07) is 0. The highest BCUT2D eigenvalue weighted by Gasteiger charge is 2.62. The van der Waals surface area contributed by atoms with Crippen molar-refractivity contribution in [2.75, 3.05) is 0 Å². The summed E-state index contributed by atoms with van der Waals surface area (Å²) < 4.78 is 0. The molecular formula is C11H15BrO3. The smallest absolute Gasteiger partial charge is 0.142 e. The molecule has 3 nitrogen and oxygen atoms in total. The van der Waals surface area contributed by atoms with Crippen molar-refractivity contribution in [3.05, 3.63) is 10.6 Å². The van der Waals surface area contributed by atoms with Gasteiger partial charge in [-0.2, -0.15) is 0 Å². The number of halogens is 1. The molecule has 0 amide bonds. The minimum absolute atomic E-state index is 0.0654. The number of hydrogen-bond donors (Lipinski definition) is 2. The first-order valence-corrected chi connectivity index (χ1v) is 6.07. The first-order chi connectivity index (χ1) is 6.94. The molecule has 2 saturated carbocycles. The molecule has 2 rings (SSSR count). The minimum Gasteiger partial charge on any atom is -0.390 e. The van der Waals surface area contributed by atoms with Crippen LogP contribution in [0.2, 0.25) is 0 Å². The molecule has 0 aromatic carbocycles. The fraction of sp³-hybridized carbons (Fsp3) is 0.727. The highest BCUT2D eigenvalue weighted by Crippen LogP contribution is 2.54. The molecule has 0 unspecified atom stereocenters. The Morgan fingerprint density at radius 2 is 2.27 bits per heavy atom. The second kappa shape index (κ2) is 3.40. The van der Waals surface area contributed by atoms with Crippen LogP contribution in [0.15, 0.2) is 10.6 Å². The second-order valence-corrected chi connectivity index (χ2v) is 5.30. The number of hydrogen-bond acceptors (Lipinski definition) is 3. The van der Waals surface area contributed by atoms with Crippen molar-refractivity contribution in [3.63, 3.8) is 0 Å². The number of rotatable bonds is 0. The van der Waals surface area contributed by atoms with Crippen LogP contribution in [-0.4, -0.2) is 27.7 Å². The largest absolute Gasteiger partial charge is 0.390 e. The van der Waals surface area contributed by atoms with E-state index in [0.717, 1.165) is 5.57 Å². The average Bonchev–Trinajstić information content (AvgIpc) is 2.43. The van der Waals surface area contributed by atoms with Gasteiger partial charge in [0, 0.05) is 6.42 Å². The van der Waals surface area contributed by atoms with Gasteiger partial charge < -0.3 is 10.2 Å². The van der Waals surface area contributed by atoms with Crippen LogP contribution in [-0.2, 0) is 4.79 Å². The van der Waals surface area contributed by atoms with Crippen molar-refractivity contribution in [3.8, 4) is 0 Å². The number of carbonyl (C=O) groups excluding carboxylic acids is 1. The zero-order chi connectivity index (χ0) is 11.3. The Balaban J connectivity index is 2.44. The molecule has 2 aliphatic carbocycles. The topological polar surface area (TPSA) is 57.5 Å². The van der Waals surface area contributed by atoms with E-state index in [9.17, 15) is 15.0 Å². The number of aliphatic hydroxyl groups excluding tert-OH is 1. The Kier molecular flexibility index (Phi) is 2.56. The number of ketones is 1. The summed E-state index contributed by atoms with van der Waals surface area (Å²) in [7, 11) is 0. The molecule has 0 radical (unpaired) electrons. The zero-order valence-electron chi connectivity index (χ0n) is 8.66. The number of carbonyl (C=O) groups is 1. The zero-order valence-corrected chi connectivity index (χ0v) is 10.2. The Morgan fingerprint density at radius 3 is 2.87 bits per heavy atom. The van der Waals surface area contributed by atoms with Crippen LogP contribution in [0.3, 0.4) is 0 Å². The summed E-state index contributed by atoms with van der Waals surface area (Å²) in [6.45, 7) is 1.77. The summed E-state index contributed by atoms with van der Waals surface area (Å²) in [4.78, 5) is 13.6. The second-order valence-electron chi connectivity index (χ2n) is 4.84. The highest BCUT2D eigenvalue weighted by molar-refractivity contribution is 9.11. The van der Waals surface area contributed by atoms with Crippen molar-refractivity contribution >= 4 is 21.7 Å². The molecule has 2 N–H and O–H groups in total. The molecule has 0 heterocycles. The predicted octanol–water partition coefficient (Wildman–Crippen LogP) is 1.52. The quantitative estimate of drug-likeness (QED) is 0.704. The molecule has 0 aromatic rings. The van der Waals surface area contributed by atoms with Gasteiger partial charge in [0.15, 0.2) is 0 Å². The molecule has 2 aliphatic rings.